The predicted octanol–water partition coefficient (Wildman–Crippen LogP) is 2.54. The lowest BCUT2D eigenvalue weighted by molar-refractivity contribution is 0.471. The molecule has 1 heterocycles. The van der Waals surface area contributed by atoms with Gasteiger partial charge in [-0.05, 0) is 19.1 Å². The van der Waals surface area contributed by atoms with Gasteiger partial charge in [0, 0.05) is 16.3 Å². The molecule has 0 aliphatic carbocycles. The van der Waals surface area contributed by atoms with E-state index in [1.54, 1.807) is 25.1 Å². The summed E-state index contributed by atoms with van der Waals surface area (Å²) in [5.41, 5.74) is 6.47. The molecule has 3 aromatic rings. The van der Waals surface area contributed by atoms with Gasteiger partial charge in [0.05, 0.1) is 11.1 Å². The van der Waals surface area contributed by atoms with Crippen LogP contribution in [0.25, 0.3) is 21.7 Å². The van der Waals surface area contributed by atoms with Gasteiger partial charge in [-0.25, -0.2) is 4.79 Å². The van der Waals surface area contributed by atoms with Crippen LogP contribution in [0.1, 0.15) is 5.56 Å². The maximum Gasteiger partial charge on any atom is 0.344 e. The molecule has 3 rings (SSSR count). The van der Waals surface area contributed by atoms with E-state index in [0.29, 0.717) is 16.5 Å². The number of rotatable bonds is 0. The van der Waals surface area contributed by atoms with Crippen LogP contribution in [0, 0.1) is 6.92 Å². The summed E-state index contributed by atoms with van der Waals surface area (Å²) in [6.07, 6.45) is 0. The van der Waals surface area contributed by atoms with E-state index in [2.05, 4.69) is 0 Å². The quantitative estimate of drug-likeness (QED) is 0.274. The van der Waals surface area contributed by atoms with Crippen LogP contribution < -0.4 is 11.4 Å². The Morgan fingerprint density at radius 2 is 1.83 bits per heavy atom. The second-order valence-electron chi connectivity index (χ2n) is 4.25. The number of nitrogen functional groups attached to an aromatic ring is 1. The summed E-state index contributed by atoms with van der Waals surface area (Å²) in [7, 11) is 0. The van der Waals surface area contributed by atoms with Crippen molar-refractivity contribution in [3.63, 3.8) is 0 Å². The molecular weight excluding hydrogens is 230 g/mol. The molecule has 0 spiro atoms. The topological polar surface area (TPSA) is 76.5 Å². The Kier molecular flexibility index (Phi) is 2.07. The van der Waals surface area contributed by atoms with Crippen molar-refractivity contribution in [2.24, 2.45) is 0 Å². The zero-order chi connectivity index (χ0) is 12.9. The minimum Gasteiger partial charge on any atom is -0.505 e. The van der Waals surface area contributed by atoms with E-state index < -0.39 is 5.63 Å². The number of hydrogen-bond acceptors (Lipinski definition) is 4. The van der Waals surface area contributed by atoms with Gasteiger partial charge in [-0.2, -0.15) is 0 Å². The fourth-order valence-electron chi connectivity index (χ4n) is 2.19. The highest BCUT2D eigenvalue weighted by Crippen LogP contribution is 2.34. The molecular formula is C14H11NO3. The summed E-state index contributed by atoms with van der Waals surface area (Å²) in [5.74, 6) is -0.0408. The van der Waals surface area contributed by atoms with E-state index in [1.807, 2.05) is 12.1 Å². The molecule has 0 unspecified atom stereocenters. The molecule has 90 valence electrons. The highest BCUT2D eigenvalue weighted by molar-refractivity contribution is 6.07. The van der Waals surface area contributed by atoms with Crippen LogP contribution in [0.2, 0.25) is 0 Å². The van der Waals surface area contributed by atoms with Gasteiger partial charge in [0.1, 0.15) is 11.3 Å². The van der Waals surface area contributed by atoms with Gasteiger partial charge in [-0.15, -0.1) is 0 Å². The first-order valence-electron chi connectivity index (χ1n) is 5.53. The molecule has 0 saturated heterocycles. The van der Waals surface area contributed by atoms with Crippen LogP contribution in [-0.4, -0.2) is 5.11 Å². The van der Waals surface area contributed by atoms with Crippen LogP contribution >= 0.6 is 0 Å². The largest absolute Gasteiger partial charge is 0.505 e. The molecule has 0 radical (unpaired) electrons. The van der Waals surface area contributed by atoms with Crippen LogP contribution in [-0.2, 0) is 0 Å². The van der Waals surface area contributed by atoms with Crippen LogP contribution in [0.5, 0.6) is 5.75 Å². The van der Waals surface area contributed by atoms with Crippen molar-refractivity contribution in [3.8, 4) is 5.75 Å². The van der Waals surface area contributed by atoms with Gasteiger partial charge >= 0.3 is 5.63 Å². The monoisotopic (exact) mass is 241 g/mol. The fourth-order valence-corrected chi connectivity index (χ4v) is 2.19. The van der Waals surface area contributed by atoms with Crippen molar-refractivity contribution in [2.75, 3.05) is 5.73 Å². The van der Waals surface area contributed by atoms with E-state index in [0.717, 1.165) is 10.8 Å². The Morgan fingerprint density at radius 1 is 1.17 bits per heavy atom. The number of hydrogen-bond donors (Lipinski definition) is 2. The maximum atomic E-state index is 11.9. The Balaban J connectivity index is 2.68. The van der Waals surface area contributed by atoms with Gasteiger partial charge in [0.25, 0.3) is 0 Å². The van der Waals surface area contributed by atoms with Crippen molar-refractivity contribution in [3.05, 3.63) is 46.3 Å². The van der Waals surface area contributed by atoms with Gasteiger partial charge in [0.15, 0.2) is 0 Å². The van der Waals surface area contributed by atoms with Gasteiger partial charge < -0.3 is 15.3 Å². The highest BCUT2D eigenvalue weighted by atomic mass is 16.4. The van der Waals surface area contributed by atoms with Crippen LogP contribution in [0.3, 0.4) is 0 Å². The zero-order valence-corrected chi connectivity index (χ0v) is 9.73. The van der Waals surface area contributed by atoms with E-state index in [1.165, 1.54) is 0 Å². The highest BCUT2D eigenvalue weighted by Gasteiger charge is 2.13. The smallest absolute Gasteiger partial charge is 0.344 e. The second-order valence-corrected chi connectivity index (χ2v) is 4.25. The average molecular weight is 241 g/mol. The number of aromatic hydroxyl groups is 1. The summed E-state index contributed by atoms with van der Waals surface area (Å²) in [6, 6.07) is 8.80. The number of benzene rings is 2. The normalized spacial score (nSPS) is 11.2. The Hall–Kier alpha value is -2.49. The van der Waals surface area contributed by atoms with Gasteiger partial charge in [0.2, 0.25) is 0 Å². The molecule has 3 N–H and O–H groups in total. The number of aryl methyl sites for hydroxylation is 1. The lowest BCUT2D eigenvalue weighted by Crippen LogP contribution is -2.01. The molecule has 18 heavy (non-hydrogen) atoms. The molecule has 0 bridgehead atoms. The Bertz CT molecular complexity index is 834. The molecule has 0 atom stereocenters. The van der Waals surface area contributed by atoms with Crippen molar-refractivity contribution in [1.29, 1.82) is 0 Å². The Labute approximate surface area is 102 Å². The number of anilines is 1. The number of phenolic OH excluding ortho intramolecular Hbond substituents is 1. The van der Waals surface area contributed by atoms with E-state index in [4.69, 9.17) is 10.2 Å². The maximum absolute atomic E-state index is 11.9. The minimum atomic E-state index is -0.412. The van der Waals surface area contributed by atoms with E-state index >= 15 is 0 Å². The average Bonchev–Trinajstić information content (AvgIpc) is 2.38. The third kappa shape index (κ3) is 1.29. The lowest BCUT2D eigenvalue weighted by Gasteiger charge is -2.08. The van der Waals surface area contributed by atoms with Crippen molar-refractivity contribution >= 4 is 27.4 Å². The standard InChI is InChI=1S/C14H11NO3/c1-7-12(16)11(15)6-10-8-4-2-3-5-9(8)14(17)18-13(7)10/h2-6,16H,15H2,1H3. The van der Waals surface area contributed by atoms with Crippen molar-refractivity contribution in [1.82, 2.24) is 0 Å². The third-order valence-corrected chi connectivity index (χ3v) is 3.15. The Morgan fingerprint density at radius 3 is 2.56 bits per heavy atom. The SMILES string of the molecule is Cc1c(O)c(N)cc2c1oc(=O)c1ccccc12. The summed E-state index contributed by atoms with van der Waals surface area (Å²) in [5, 5.41) is 11.8. The molecule has 2 aromatic carbocycles. The van der Waals surface area contributed by atoms with E-state index in [9.17, 15) is 9.90 Å². The first kappa shape index (κ1) is 10.7. The number of nitrogens with two attached hydrogens (primary N) is 1. The summed E-state index contributed by atoms with van der Waals surface area (Å²) < 4.78 is 5.27. The lowest BCUT2D eigenvalue weighted by atomic mass is 10.0. The summed E-state index contributed by atoms with van der Waals surface area (Å²) in [6.45, 7) is 1.67. The minimum absolute atomic E-state index is 0.0408. The molecule has 0 amide bonds. The first-order valence-corrected chi connectivity index (χ1v) is 5.53. The van der Waals surface area contributed by atoms with Crippen molar-refractivity contribution in [2.45, 2.75) is 6.92 Å². The molecule has 0 aliphatic rings. The third-order valence-electron chi connectivity index (χ3n) is 3.15. The zero-order valence-electron chi connectivity index (χ0n) is 9.73. The fraction of sp³-hybridized carbons (Fsp3) is 0.0714. The van der Waals surface area contributed by atoms with Gasteiger partial charge in [-0.1, -0.05) is 18.2 Å². The summed E-state index contributed by atoms with van der Waals surface area (Å²) >= 11 is 0. The van der Waals surface area contributed by atoms with Gasteiger partial charge in [-0.3, -0.25) is 0 Å². The van der Waals surface area contributed by atoms with Crippen LogP contribution in [0.4, 0.5) is 5.69 Å². The molecule has 4 nitrogen and oxygen atoms in total. The number of fused-ring (bicyclic) bond motifs is 3. The van der Waals surface area contributed by atoms with Crippen LogP contribution in [0.15, 0.2) is 39.5 Å². The predicted molar refractivity (Wildman–Crippen MR) is 70.8 cm³/mol. The van der Waals surface area contributed by atoms with Crippen molar-refractivity contribution < 1.29 is 9.52 Å². The second kappa shape index (κ2) is 3.50. The molecule has 0 saturated carbocycles. The van der Waals surface area contributed by atoms with E-state index in [-0.39, 0.29) is 11.4 Å². The first-order chi connectivity index (χ1) is 8.59. The molecule has 1 aromatic heterocycles. The molecule has 4 heteroatoms. The number of phenols is 1. The molecule has 0 fully saturated rings. The molecule has 0 aliphatic heterocycles. The summed E-state index contributed by atoms with van der Waals surface area (Å²) in [4.78, 5) is 11.9.